The number of nitrogens with zero attached hydrogens (tertiary/aromatic N) is 2. The van der Waals surface area contributed by atoms with Crippen molar-refractivity contribution < 1.29 is 4.74 Å². The van der Waals surface area contributed by atoms with Gasteiger partial charge in [0, 0.05) is 18.4 Å². The summed E-state index contributed by atoms with van der Waals surface area (Å²) in [4.78, 5) is 8.31. The summed E-state index contributed by atoms with van der Waals surface area (Å²) in [6.07, 6.45) is 4.59. The third-order valence-corrected chi connectivity index (χ3v) is 3.38. The highest BCUT2D eigenvalue weighted by atomic mass is 16.5. The Morgan fingerprint density at radius 3 is 2.67 bits per heavy atom. The van der Waals surface area contributed by atoms with Crippen molar-refractivity contribution in [1.82, 2.24) is 15.3 Å². The zero-order chi connectivity index (χ0) is 15.1. The second kappa shape index (κ2) is 7.74. The molecule has 1 aromatic heterocycles. The van der Waals surface area contributed by atoms with Crippen molar-refractivity contribution in [2.75, 3.05) is 6.54 Å². The van der Waals surface area contributed by atoms with E-state index in [1.165, 1.54) is 5.56 Å². The molecule has 0 radical (unpaired) electrons. The minimum absolute atomic E-state index is 0.357. The zero-order valence-electron chi connectivity index (χ0n) is 13.0. The predicted octanol–water partition coefficient (Wildman–Crippen LogP) is 3.42. The van der Waals surface area contributed by atoms with Crippen LogP contribution in [0.2, 0.25) is 0 Å². The van der Waals surface area contributed by atoms with E-state index >= 15 is 0 Å². The summed E-state index contributed by atoms with van der Waals surface area (Å²) in [5.74, 6) is 1.58. The largest absolute Gasteiger partial charge is 0.485 e. The number of benzene rings is 1. The first kappa shape index (κ1) is 15.4. The predicted molar refractivity (Wildman–Crippen MR) is 84.3 cm³/mol. The molecule has 2 rings (SSSR count). The van der Waals surface area contributed by atoms with E-state index < -0.39 is 0 Å². The Hall–Kier alpha value is -1.94. The van der Waals surface area contributed by atoms with Crippen molar-refractivity contribution in [3.63, 3.8) is 0 Å². The Labute approximate surface area is 126 Å². The van der Waals surface area contributed by atoms with Gasteiger partial charge < -0.3 is 10.1 Å². The van der Waals surface area contributed by atoms with Gasteiger partial charge in [0.25, 0.3) is 0 Å². The number of rotatable bonds is 7. The summed E-state index contributed by atoms with van der Waals surface area (Å²) >= 11 is 0. The molecule has 112 valence electrons. The van der Waals surface area contributed by atoms with Gasteiger partial charge in [-0.1, -0.05) is 19.1 Å². The Morgan fingerprint density at radius 2 is 2.00 bits per heavy atom. The van der Waals surface area contributed by atoms with Crippen LogP contribution in [0.4, 0.5) is 0 Å². The zero-order valence-corrected chi connectivity index (χ0v) is 13.0. The Bertz CT molecular complexity index is 557. The molecule has 0 saturated carbocycles. The molecule has 0 aliphatic rings. The molecule has 1 aromatic carbocycles. The highest BCUT2D eigenvalue weighted by Gasteiger charge is 2.07. The molecule has 1 atom stereocenters. The van der Waals surface area contributed by atoms with Crippen molar-refractivity contribution >= 4 is 0 Å². The van der Waals surface area contributed by atoms with Crippen molar-refractivity contribution in [2.45, 2.75) is 39.8 Å². The molecule has 4 heteroatoms. The van der Waals surface area contributed by atoms with Crippen molar-refractivity contribution in [2.24, 2.45) is 0 Å². The highest BCUT2D eigenvalue weighted by Crippen LogP contribution is 2.23. The maximum absolute atomic E-state index is 5.79. The molecule has 21 heavy (non-hydrogen) atoms. The van der Waals surface area contributed by atoms with Gasteiger partial charge in [0.2, 0.25) is 0 Å². The summed E-state index contributed by atoms with van der Waals surface area (Å²) in [5.41, 5.74) is 2.41. The van der Waals surface area contributed by atoms with E-state index in [2.05, 4.69) is 48.2 Å². The van der Waals surface area contributed by atoms with Crippen molar-refractivity contribution in [1.29, 1.82) is 0 Å². The first-order chi connectivity index (χ1) is 10.2. The van der Waals surface area contributed by atoms with E-state index in [1.807, 2.05) is 6.07 Å². The van der Waals surface area contributed by atoms with E-state index in [4.69, 9.17) is 4.74 Å². The minimum atomic E-state index is 0.357. The highest BCUT2D eigenvalue weighted by molar-refractivity contribution is 5.37. The standard InChI is InChI=1S/C17H23N3O/c1-4-8-18-14(3)15-6-7-16(13(2)11-15)21-12-17-19-9-5-10-20-17/h5-7,9-11,14,18H,4,8,12H2,1-3H3. The Morgan fingerprint density at radius 1 is 1.24 bits per heavy atom. The molecule has 0 spiro atoms. The van der Waals surface area contributed by atoms with E-state index in [0.29, 0.717) is 18.5 Å². The van der Waals surface area contributed by atoms with Crippen LogP contribution in [-0.4, -0.2) is 16.5 Å². The number of aromatic nitrogens is 2. The van der Waals surface area contributed by atoms with Crippen LogP contribution in [0, 0.1) is 6.92 Å². The summed E-state index contributed by atoms with van der Waals surface area (Å²) in [6.45, 7) is 7.85. The van der Waals surface area contributed by atoms with E-state index in [1.54, 1.807) is 18.5 Å². The van der Waals surface area contributed by atoms with Gasteiger partial charge >= 0.3 is 0 Å². The van der Waals surface area contributed by atoms with Gasteiger partial charge in [-0.3, -0.25) is 0 Å². The monoisotopic (exact) mass is 285 g/mol. The number of ether oxygens (including phenoxy) is 1. The van der Waals surface area contributed by atoms with Crippen LogP contribution in [0.15, 0.2) is 36.7 Å². The van der Waals surface area contributed by atoms with E-state index in [-0.39, 0.29) is 0 Å². The fraction of sp³-hybridized carbons (Fsp3) is 0.412. The van der Waals surface area contributed by atoms with Crippen LogP contribution in [0.3, 0.4) is 0 Å². The smallest absolute Gasteiger partial charge is 0.166 e. The van der Waals surface area contributed by atoms with Crippen LogP contribution in [-0.2, 0) is 6.61 Å². The first-order valence-corrected chi connectivity index (χ1v) is 7.43. The number of hydrogen-bond acceptors (Lipinski definition) is 4. The van der Waals surface area contributed by atoms with Gasteiger partial charge in [-0.05, 0) is 50.1 Å². The van der Waals surface area contributed by atoms with Gasteiger partial charge in [-0.15, -0.1) is 0 Å². The second-order valence-corrected chi connectivity index (χ2v) is 5.15. The van der Waals surface area contributed by atoms with Crippen LogP contribution >= 0.6 is 0 Å². The van der Waals surface area contributed by atoms with Crippen LogP contribution in [0.1, 0.15) is 43.3 Å². The lowest BCUT2D eigenvalue weighted by molar-refractivity contribution is 0.293. The Kier molecular flexibility index (Phi) is 5.69. The maximum atomic E-state index is 5.79. The van der Waals surface area contributed by atoms with Gasteiger partial charge in [0.1, 0.15) is 12.4 Å². The van der Waals surface area contributed by atoms with Gasteiger partial charge in [-0.25, -0.2) is 9.97 Å². The fourth-order valence-corrected chi connectivity index (χ4v) is 2.13. The molecule has 2 aromatic rings. The summed E-state index contributed by atoms with van der Waals surface area (Å²) in [7, 11) is 0. The summed E-state index contributed by atoms with van der Waals surface area (Å²) < 4.78 is 5.79. The Balaban J connectivity index is 1.99. The average Bonchev–Trinajstić information content (AvgIpc) is 2.52. The van der Waals surface area contributed by atoms with Crippen LogP contribution in [0.5, 0.6) is 5.75 Å². The SMILES string of the molecule is CCCNC(C)c1ccc(OCc2ncccn2)c(C)c1. The molecule has 0 saturated heterocycles. The molecule has 0 bridgehead atoms. The van der Waals surface area contributed by atoms with E-state index in [9.17, 15) is 0 Å². The number of aryl methyl sites for hydroxylation is 1. The van der Waals surface area contributed by atoms with Gasteiger partial charge in [0.15, 0.2) is 5.82 Å². The molecule has 0 fully saturated rings. The second-order valence-electron chi connectivity index (χ2n) is 5.15. The first-order valence-electron chi connectivity index (χ1n) is 7.43. The summed E-state index contributed by atoms with van der Waals surface area (Å²) in [5, 5.41) is 3.49. The maximum Gasteiger partial charge on any atom is 0.166 e. The average molecular weight is 285 g/mol. The quantitative estimate of drug-likeness (QED) is 0.846. The molecule has 1 N–H and O–H groups in total. The van der Waals surface area contributed by atoms with Gasteiger partial charge in [0.05, 0.1) is 0 Å². The van der Waals surface area contributed by atoms with Crippen molar-refractivity contribution in [3.05, 3.63) is 53.6 Å². The lowest BCUT2D eigenvalue weighted by Gasteiger charge is -2.16. The van der Waals surface area contributed by atoms with Crippen LogP contribution in [0.25, 0.3) is 0 Å². The molecular weight excluding hydrogens is 262 g/mol. The fourth-order valence-electron chi connectivity index (χ4n) is 2.13. The molecular formula is C17H23N3O. The molecule has 0 aliphatic heterocycles. The minimum Gasteiger partial charge on any atom is -0.485 e. The molecule has 0 aliphatic carbocycles. The van der Waals surface area contributed by atoms with Crippen molar-refractivity contribution in [3.8, 4) is 5.75 Å². The molecule has 1 unspecified atom stereocenters. The molecule has 0 amide bonds. The molecule has 1 heterocycles. The lowest BCUT2D eigenvalue weighted by atomic mass is 10.0. The lowest BCUT2D eigenvalue weighted by Crippen LogP contribution is -2.19. The number of hydrogen-bond donors (Lipinski definition) is 1. The third-order valence-electron chi connectivity index (χ3n) is 3.38. The summed E-state index contributed by atoms with van der Waals surface area (Å²) in [6, 6.07) is 8.47. The van der Waals surface area contributed by atoms with Crippen LogP contribution < -0.4 is 10.1 Å². The van der Waals surface area contributed by atoms with E-state index in [0.717, 1.165) is 24.3 Å². The number of nitrogens with one attached hydrogen (secondary N) is 1. The normalized spacial score (nSPS) is 12.1. The van der Waals surface area contributed by atoms with Gasteiger partial charge in [-0.2, -0.15) is 0 Å². The molecule has 4 nitrogen and oxygen atoms in total. The topological polar surface area (TPSA) is 47.0 Å². The third kappa shape index (κ3) is 4.53.